The Labute approximate surface area is 162 Å². The Morgan fingerprint density at radius 1 is 1.31 bits per heavy atom. The van der Waals surface area contributed by atoms with E-state index in [2.05, 4.69) is 23.8 Å². The molecule has 1 aromatic heterocycles. The molecule has 26 heavy (non-hydrogen) atoms. The SMILES string of the molecule is CCOCCC1(CN=C(NCCSC)NCCc2ccco2)CCCC1. The fourth-order valence-corrected chi connectivity index (χ4v) is 3.80. The third-order valence-corrected chi connectivity index (χ3v) is 5.67. The molecule has 1 fully saturated rings. The van der Waals surface area contributed by atoms with Gasteiger partial charge < -0.3 is 19.8 Å². The molecule has 1 aliphatic rings. The van der Waals surface area contributed by atoms with Crippen LogP contribution < -0.4 is 10.6 Å². The summed E-state index contributed by atoms with van der Waals surface area (Å²) in [5, 5.41) is 6.93. The Morgan fingerprint density at radius 2 is 2.12 bits per heavy atom. The van der Waals surface area contributed by atoms with Crippen LogP contribution in [0.1, 0.15) is 44.8 Å². The van der Waals surface area contributed by atoms with Crippen LogP contribution in [0.4, 0.5) is 0 Å². The van der Waals surface area contributed by atoms with Gasteiger partial charge in [-0.05, 0) is 50.0 Å². The van der Waals surface area contributed by atoms with E-state index >= 15 is 0 Å². The third kappa shape index (κ3) is 7.62. The highest BCUT2D eigenvalue weighted by Crippen LogP contribution is 2.41. The lowest BCUT2D eigenvalue weighted by Crippen LogP contribution is -2.40. The maximum Gasteiger partial charge on any atom is 0.191 e. The minimum absolute atomic E-state index is 0.324. The normalized spacial score (nSPS) is 16.8. The van der Waals surface area contributed by atoms with Crippen LogP contribution in [0, 0.1) is 5.41 Å². The van der Waals surface area contributed by atoms with Crippen LogP contribution in [0.2, 0.25) is 0 Å². The highest BCUT2D eigenvalue weighted by atomic mass is 32.2. The lowest BCUT2D eigenvalue weighted by Gasteiger charge is -2.27. The number of hydrogen-bond donors (Lipinski definition) is 2. The van der Waals surface area contributed by atoms with Gasteiger partial charge in [-0.25, -0.2) is 0 Å². The van der Waals surface area contributed by atoms with Gasteiger partial charge in [0, 0.05) is 45.0 Å². The summed E-state index contributed by atoms with van der Waals surface area (Å²) >= 11 is 1.84. The molecular weight excluding hydrogens is 346 g/mol. The molecule has 0 saturated heterocycles. The average Bonchev–Trinajstić information content (AvgIpc) is 3.32. The highest BCUT2D eigenvalue weighted by Gasteiger charge is 2.33. The van der Waals surface area contributed by atoms with E-state index in [1.807, 2.05) is 23.9 Å². The summed E-state index contributed by atoms with van der Waals surface area (Å²) in [7, 11) is 0. The van der Waals surface area contributed by atoms with Crippen LogP contribution in [0.25, 0.3) is 0 Å². The average molecular weight is 382 g/mol. The summed E-state index contributed by atoms with van der Waals surface area (Å²) in [6, 6.07) is 3.95. The standard InChI is InChI=1S/C20H35N3O2S/c1-3-24-15-11-20(9-4-5-10-20)17-23-19(22-13-16-26-2)21-12-8-18-7-6-14-25-18/h6-7,14H,3-5,8-13,15-17H2,1-2H3,(H2,21,22,23). The Balaban J connectivity index is 1.88. The van der Waals surface area contributed by atoms with Gasteiger partial charge in [0.05, 0.1) is 6.26 Å². The van der Waals surface area contributed by atoms with Gasteiger partial charge in [0.2, 0.25) is 0 Å². The molecule has 1 heterocycles. The first-order valence-electron chi connectivity index (χ1n) is 9.89. The van der Waals surface area contributed by atoms with Gasteiger partial charge >= 0.3 is 0 Å². The predicted molar refractivity (Wildman–Crippen MR) is 111 cm³/mol. The molecule has 1 saturated carbocycles. The lowest BCUT2D eigenvalue weighted by atomic mass is 9.83. The zero-order chi connectivity index (χ0) is 18.5. The molecule has 0 radical (unpaired) electrons. The molecule has 0 aliphatic heterocycles. The second kappa shape index (κ2) is 12.3. The van der Waals surface area contributed by atoms with Gasteiger partial charge in [-0.2, -0.15) is 11.8 Å². The van der Waals surface area contributed by atoms with Gasteiger partial charge in [0.15, 0.2) is 5.96 Å². The molecular formula is C20H35N3O2S. The fourth-order valence-electron chi connectivity index (χ4n) is 3.50. The summed E-state index contributed by atoms with van der Waals surface area (Å²) in [5.41, 5.74) is 0.324. The maximum atomic E-state index is 5.62. The Morgan fingerprint density at radius 3 is 2.81 bits per heavy atom. The first-order chi connectivity index (χ1) is 12.8. The molecule has 0 atom stereocenters. The Kier molecular flexibility index (Phi) is 10.00. The van der Waals surface area contributed by atoms with Crippen molar-refractivity contribution >= 4 is 17.7 Å². The first-order valence-corrected chi connectivity index (χ1v) is 11.3. The van der Waals surface area contributed by atoms with E-state index in [1.165, 1.54) is 25.7 Å². The van der Waals surface area contributed by atoms with Gasteiger partial charge in [0.25, 0.3) is 0 Å². The molecule has 6 heteroatoms. The fraction of sp³-hybridized carbons (Fsp3) is 0.750. The monoisotopic (exact) mass is 381 g/mol. The number of thioether (sulfide) groups is 1. The number of aliphatic imine (C=N–C) groups is 1. The summed E-state index contributed by atoms with van der Waals surface area (Å²) < 4.78 is 11.0. The molecule has 0 amide bonds. The minimum Gasteiger partial charge on any atom is -0.469 e. The van der Waals surface area contributed by atoms with Crippen molar-refractivity contribution in [3.63, 3.8) is 0 Å². The summed E-state index contributed by atoms with van der Waals surface area (Å²) in [6.07, 6.45) is 11.0. The minimum atomic E-state index is 0.324. The zero-order valence-electron chi connectivity index (χ0n) is 16.4. The predicted octanol–water partition coefficient (Wildman–Crippen LogP) is 3.71. The van der Waals surface area contributed by atoms with Crippen molar-refractivity contribution in [3.05, 3.63) is 24.2 Å². The Bertz CT molecular complexity index is 499. The number of ether oxygens (including phenoxy) is 1. The molecule has 1 aromatic rings. The van der Waals surface area contributed by atoms with E-state index < -0.39 is 0 Å². The molecule has 0 aromatic carbocycles. The largest absolute Gasteiger partial charge is 0.469 e. The van der Waals surface area contributed by atoms with Crippen LogP contribution in [-0.2, 0) is 11.2 Å². The van der Waals surface area contributed by atoms with E-state index in [4.69, 9.17) is 14.1 Å². The van der Waals surface area contributed by atoms with Gasteiger partial charge in [-0.15, -0.1) is 0 Å². The van der Waals surface area contributed by atoms with Crippen molar-refractivity contribution in [1.29, 1.82) is 0 Å². The quantitative estimate of drug-likeness (QED) is 0.328. The number of furan rings is 1. The Hall–Kier alpha value is -1.14. The third-order valence-electron chi connectivity index (χ3n) is 5.06. The van der Waals surface area contributed by atoms with E-state index in [0.717, 1.165) is 63.2 Å². The highest BCUT2D eigenvalue weighted by molar-refractivity contribution is 7.98. The van der Waals surface area contributed by atoms with Crippen LogP contribution in [0.5, 0.6) is 0 Å². The summed E-state index contributed by atoms with van der Waals surface area (Å²) in [6.45, 7) is 6.36. The van der Waals surface area contributed by atoms with Crippen molar-refractivity contribution < 1.29 is 9.15 Å². The molecule has 1 aliphatic carbocycles. The number of hydrogen-bond acceptors (Lipinski definition) is 4. The second-order valence-electron chi connectivity index (χ2n) is 6.99. The summed E-state index contributed by atoms with van der Waals surface area (Å²) in [4.78, 5) is 4.95. The number of guanidine groups is 1. The van der Waals surface area contributed by atoms with Gasteiger partial charge in [-0.3, -0.25) is 4.99 Å². The molecule has 0 spiro atoms. The van der Waals surface area contributed by atoms with Crippen molar-refractivity contribution in [2.24, 2.45) is 10.4 Å². The van der Waals surface area contributed by atoms with Crippen molar-refractivity contribution in [1.82, 2.24) is 10.6 Å². The molecule has 0 bridgehead atoms. The van der Waals surface area contributed by atoms with Crippen molar-refractivity contribution in [3.8, 4) is 0 Å². The van der Waals surface area contributed by atoms with Gasteiger partial charge in [-0.1, -0.05) is 12.8 Å². The molecule has 2 N–H and O–H groups in total. The molecule has 0 unspecified atom stereocenters. The lowest BCUT2D eigenvalue weighted by molar-refractivity contribution is 0.107. The molecule has 2 rings (SSSR count). The number of nitrogens with zero attached hydrogens (tertiary/aromatic N) is 1. The first kappa shape index (κ1) is 21.2. The van der Waals surface area contributed by atoms with Crippen LogP contribution in [0.3, 0.4) is 0 Å². The van der Waals surface area contributed by atoms with E-state index in [1.54, 1.807) is 6.26 Å². The molecule has 5 nitrogen and oxygen atoms in total. The maximum absolute atomic E-state index is 5.62. The zero-order valence-corrected chi connectivity index (χ0v) is 17.2. The van der Waals surface area contributed by atoms with Gasteiger partial charge in [0.1, 0.15) is 5.76 Å². The summed E-state index contributed by atoms with van der Waals surface area (Å²) in [5.74, 6) is 3.01. The van der Waals surface area contributed by atoms with E-state index in [9.17, 15) is 0 Å². The number of nitrogens with one attached hydrogen (secondary N) is 2. The number of rotatable bonds is 12. The molecule has 148 valence electrons. The van der Waals surface area contributed by atoms with Crippen LogP contribution in [0.15, 0.2) is 27.8 Å². The van der Waals surface area contributed by atoms with Crippen molar-refractivity contribution in [2.75, 3.05) is 44.9 Å². The topological polar surface area (TPSA) is 58.8 Å². The van der Waals surface area contributed by atoms with Crippen molar-refractivity contribution in [2.45, 2.75) is 45.4 Å². The second-order valence-corrected chi connectivity index (χ2v) is 7.98. The smallest absolute Gasteiger partial charge is 0.191 e. The van der Waals surface area contributed by atoms with Crippen LogP contribution >= 0.6 is 11.8 Å². The van der Waals surface area contributed by atoms with E-state index in [0.29, 0.717) is 5.41 Å². The van der Waals surface area contributed by atoms with E-state index in [-0.39, 0.29) is 0 Å². The van der Waals surface area contributed by atoms with Crippen LogP contribution in [-0.4, -0.2) is 50.8 Å².